The Balaban J connectivity index is 1.80. The summed E-state index contributed by atoms with van der Waals surface area (Å²) in [5, 5.41) is 2.72. The number of ether oxygens (including phenoxy) is 3. The molecular weight excluding hydrogens is 406 g/mol. The number of amides is 1. The first kappa shape index (κ1) is 23.4. The first-order chi connectivity index (χ1) is 14.2. The molecule has 0 saturated heterocycles. The number of ketones is 1. The summed E-state index contributed by atoms with van der Waals surface area (Å²) < 4.78 is 15.6. The Kier molecular flexibility index (Phi) is 8.41. The molecule has 1 aromatic carbocycles. The van der Waals surface area contributed by atoms with Crippen molar-refractivity contribution in [3.05, 3.63) is 45.1 Å². The zero-order valence-corrected chi connectivity index (χ0v) is 18.7. The van der Waals surface area contributed by atoms with E-state index < -0.39 is 18.0 Å². The molecule has 1 atom stereocenters. The second-order valence-electron chi connectivity index (χ2n) is 6.79. The molecule has 30 heavy (non-hydrogen) atoms. The number of hydrogen-bond acceptors (Lipinski definition) is 7. The van der Waals surface area contributed by atoms with Crippen molar-refractivity contribution >= 4 is 29.0 Å². The van der Waals surface area contributed by atoms with Gasteiger partial charge in [0.05, 0.1) is 20.6 Å². The number of rotatable bonds is 10. The van der Waals surface area contributed by atoms with Gasteiger partial charge in [-0.2, -0.15) is 0 Å². The van der Waals surface area contributed by atoms with Crippen molar-refractivity contribution in [2.45, 2.75) is 46.3 Å². The van der Waals surface area contributed by atoms with Gasteiger partial charge < -0.3 is 19.5 Å². The highest BCUT2D eigenvalue weighted by atomic mass is 32.1. The summed E-state index contributed by atoms with van der Waals surface area (Å²) >= 11 is 1.55. The van der Waals surface area contributed by atoms with E-state index >= 15 is 0 Å². The summed E-state index contributed by atoms with van der Waals surface area (Å²) in [6.07, 6.45) is -0.978. The molecule has 1 aromatic heterocycles. The van der Waals surface area contributed by atoms with Crippen LogP contribution in [0.4, 0.5) is 0 Å². The number of methoxy groups -OCH3 is 2. The summed E-state index contributed by atoms with van der Waals surface area (Å²) in [6, 6.07) is 7.14. The van der Waals surface area contributed by atoms with Gasteiger partial charge in [0.25, 0.3) is 5.91 Å². The second-order valence-corrected chi connectivity index (χ2v) is 8.25. The quantitative estimate of drug-likeness (QED) is 0.455. The lowest BCUT2D eigenvalue weighted by Gasteiger charge is -2.14. The standard InChI is InChI=1S/C22H27NO6S/c1-13-10-17(15(3)30-13)18(24)7-9-21(25)29-14(2)22(26)23-12-16-6-8-19(27-4)20(11-16)28-5/h6,8,10-11,14H,7,9,12H2,1-5H3,(H,23,26). The highest BCUT2D eigenvalue weighted by molar-refractivity contribution is 7.12. The Labute approximate surface area is 180 Å². The molecule has 0 aliphatic rings. The van der Waals surface area contributed by atoms with E-state index in [1.54, 1.807) is 36.6 Å². The third kappa shape index (κ3) is 6.32. The van der Waals surface area contributed by atoms with Crippen LogP contribution in [0.25, 0.3) is 0 Å². The molecule has 8 heteroatoms. The van der Waals surface area contributed by atoms with Crippen LogP contribution < -0.4 is 14.8 Å². The smallest absolute Gasteiger partial charge is 0.307 e. The zero-order chi connectivity index (χ0) is 22.3. The number of thiophene rings is 1. The highest BCUT2D eigenvalue weighted by Crippen LogP contribution is 2.27. The second kappa shape index (κ2) is 10.8. The fourth-order valence-electron chi connectivity index (χ4n) is 2.89. The maximum absolute atomic E-state index is 12.3. The van der Waals surface area contributed by atoms with Gasteiger partial charge in [-0.1, -0.05) is 6.07 Å². The number of hydrogen-bond donors (Lipinski definition) is 1. The van der Waals surface area contributed by atoms with Crippen molar-refractivity contribution in [2.24, 2.45) is 0 Å². The first-order valence-electron chi connectivity index (χ1n) is 9.53. The molecule has 162 valence electrons. The summed E-state index contributed by atoms with van der Waals surface area (Å²) in [6.45, 7) is 5.56. The van der Waals surface area contributed by atoms with Gasteiger partial charge in [0, 0.05) is 28.3 Å². The number of carbonyl (C=O) groups is 3. The van der Waals surface area contributed by atoms with E-state index in [4.69, 9.17) is 14.2 Å². The lowest BCUT2D eigenvalue weighted by Crippen LogP contribution is -2.35. The van der Waals surface area contributed by atoms with Crippen LogP contribution in [0.3, 0.4) is 0 Å². The molecule has 0 aliphatic carbocycles. The minimum atomic E-state index is -0.960. The molecule has 0 fully saturated rings. The van der Waals surface area contributed by atoms with Crippen LogP contribution in [0.1, 0.15) is 45.4 Å². The predicted molar refractivity (Wildman–Crippen MR) is 114 cm³/mol. The average molecular weight is 434 g/mol. The molecule has 1 heterocycles. The molecule has 1 amide bonds. The van der Waals surface area contributed by atoms with E-state index in [0.29, 0.717) is 17.1 Å². The SMILES string of the molecule is COc1ccc(CNC(=O)C(C)OC(=O)CCC(=O)c2cc(C)sc2C)cc1OC. The van der Waals surface area contributed by atoms with Crippen LogP contribution in [0.5, 0.6) is 11.5 Å². The van der Waals surface area contributed by atoms with Gasteiger partial charge in [-0.05, 0) is 44.5 Å². The number of Topliss-reactive ketones (excluding diaryl/α,β-unsaturated/α-hetero) is 1. The molecule has 0 saturated carbocycles. The fraction of sp³-hybridized carbons (Fsp3) is 0.409. The minimum Gasteiger partial charge on any atom is -0.493 e. The molecule has 2 rings (SSSR count). The average Bonchev–Trinajstić information content (AvgIpc) is 3.07. The molecule has 1 N–H and O–H groups in total. The van der Waals surface area contributed by atoms with Crippen LogP contribution in [-0.4, -0.2) is 38.0 Å². The highest BCUT2D eigenvalue weighted by Gasteiger charge is 2.19. The Bertz CT molecular complexity index is 920. The summed E-state index contributed by atoms with van der Waals surface area (Å²) in [5.74, 6) is 0.0523. The Morgan fingerprint density at radius 3 is 2.33 bits per heavy atom. The van der Waals surface area contributed by atoms with Crippen molar-refractivity contribution < 1.29 is 28.6 Å². The fourth-order valence-corrected chi connectivity index (χ4v) is 3.83. The summed E-state index contributed by atoms with van der Waals surface area (Å²) in [4.78, 5) is 38.5. The summed E-state index contributed by atoms with van der Waals surface area (Å²) in [5.41, 5.74) is 1.46. The molecule has 0 bridgehead atoms. The number of aryl methyl sites for hydroxylation is 2. The number of nitrogens with one attached hydrogen (secondary N) is 1. The van der Waals surface area contributed by atoms with Gasteiger partial charge in [-0.3, -0.25) is 14.4 Å². The Morgan fingerprint density at radius 2 is 1.73 bits per heavy atom. The van der Waals surface area contributed by atoms with Gasteiger partial charge in [-0.15, -0.1) is 11.3 Å². The molecule has 0 aliphatic heterocycles. The van der Waals surface area contributed by atoms with E-state index in [9.17, 15) is 14.4 Å². The number of benzene rings is 1. The van der Waals surface area contributed by atoms with Crippen molar-refractivity contribution in [2.75, 3.05) is 14.2 Å². The lowest BCUT2D eigenvalue weighted by molar-refractivity contribution is -0.154. The van der Waals surface area contributed by atoms with Crippen molar-refractivity contribution in [1.29, 1.82) is 0 Å². The van der Waals surface area contributed by atoms with Gasteiger partial charge in [0.15, 0.2) is 23.4 Å². The van der Waals surface area contributed by atoms with Crippen LogP contribution in [0, 0.1) is 13.8 Å². The van der Waals surface area contributed by atoms with Gasteiger partial charge in [0.1, 0.15) is 0 Å². The number of carbonyl (C=O) groups excluding carboxylic acids is 3. The van der Waals surface area contributed by atoms with Crippen molar-refractivity contribution in [1.82, 2.24) is 5.32 Å². The molecule has 7 nitrogen and oxygen atoms in total. The van der Waals surface area contributed by atoms with Crippen LogP contribution in [0.2, 0.25) is 0 Å². The molecule has 0 spiro atoms. The molecular formula is C22H27NO6S. The molecule has 2 aromatic rings. The minimum absolute atomic E-state index is 0.0514. The normalized spacial score (nSPS) is 11.5. The first-order valence-corrected chi connectivity index (χ1v) is 10.3. The van der Waals surface area contributed by atoms with Gasteiger partial charge in [-0.25, -0.2) is 0 Å². The third-order valence-corrected chi connectivity index (χ3v) is 5.46. The Morgan fingerprint density at radius 1 is 1.03 bits per heavy atom. The lowest BCUT2D eigenvalue weighted by atomic mass is 10.1. The topological polar surface area (TPSA) is 90.9 Å². The van der Waals surface area contributed by atoms with Crippen LogP contribution in [0.15, 0.2) is 24.3 Å². The van der Waals surface area contributed by atoms with Gasteiger partial charge in [0.2, 0.25) is 0 Å². The largest absolute Gasteiger partial charge is 0.493 e. The van der Waals surface area contributed by atoms with E-state index in [-0.39, 0.29) is 25.2 Å². The van der Waals surface area contributed by atoms with Crippen molar-refractivity contribution in [3.8, 4) is 11.5 Å². The maximum Gasteiger partial charge on any atom is 0.307 e. The number of esters is 1. The van der Waals surface area contributed by atoms with E-state index in [1.807, 2.05) is 19.9 Å². The molecule has 0 radical (unpaired) electrons. The van der Waals surface area contributed by atoms with Gasteiger partial charge >= 0.3 is 5.97 Å². The van der Waals surface area contributed by atoms with Crippen LogP contribution >= 0.6 is 11.3 Å². The monoisotopic (exact) mass is 433 g/mol. The zero-order valence-electron chi connectivity index (χ0n) is 17.9. The van der Waals surface area contributed by atoms with Crippen LogP contribution in [-0.2, 0) is 20.9 Å². The van der Waals surface area contributed by atoms with Crippen molar-refractivity contribution in [3.63, 3.8) is 0 Å². The van der Waals surface area contributed by atoms with E-state index in [1.165, 1.54) is 14.0 Å². The summed E-state index contributed by atoms with van der Waals surface area (Å²) in [7, 11) is 3.08. The van der Waals surface area contributed by atoms with E-state index in [2.05, 4.69) is 5.32 Å². The maximum atomic E-state index is 12.3. The molecule has 1 unspecified atom stereocenters. The Hall–Kier alpha value is -2.87. The predicted octanol–water partition coefficient (Wildman–Crippen LogP) is 3.59. The van der Waals surface area contributed by atoms with E-state index in [0.717, 1.165) is 15.3 Å². The third-order valence-electron chi connectivity index (χ3n) is 4.49.